The van der Waals surface area contributed by atoms with Crippen molar-refractivity contribution in [2.75, 3.05) is 6.61 Å². The predicted molar refractivity (Wildman–Crippen MR) is 85.7 cm³/mol. The number of amides is 1. The number of rotatable bonds is 6. The third-order valence-corrected chi connectivity index (χ3v) is 2.92. The molecule has 0 aliphatic rings. The second kappa shape index (κ2) is 7.51. The minimum atomic E-state index is -0.675. The van der Waals surface area contributed by atoms with Crippen molar-refractivity contribution in [2.24, 2.45) is 5.73 Å². The van der Waals surface area contributed by atoms with Gasteiger partial charge in [-0.15, -0.1) is 0 Å². The molecule has 8 heteroatoms. The van der Waals surface area contributed by atoms with Crippen molar-refractivity contribution in [2.45, 2.75) is 0 Å². The number of primary amides is 1. The van der Waals surface area contributed by atoms with Crippen LogP contribution in [0.5, 0.6) is 5.75 Å². The van der Waals surface area contributed by atoms with Crippen molar-refractivity contribution in [1.29, 1.82) is 5.26 Å². The molecule has 2 rings (SSSR count). The average molecular weight is 324 g/mol. The first-order valence-corrected chi connectivity index (χ1v) is 6.72. The van der Waals surface area contributed by atoms with Crippen LogP contribution in [0.4, 0.5) is 5.69 Å². The molecule has 120 valence electrons. The fourth-order valence-corrected chi connectivity index (χ4v) is 1.86. The molecule has 0 fully saturated rings. The van der Waals surface area contributed by atoms with Crippen molar-refractivity contribution in [1.82, 2.24) is 4.98 Å². The normalized spacial score (nSPS) is 10.3. The molecular weight excluding hydrogens is 312 g/mol. The van der Waals surface area contributed by atoms with Gasteiger partial charge in [-0.2, -0.15) is 5.26 Å². The Balaban J connectivity index is 2.28. The highest BCUT2D eigenvalue weighted by Crippen LogP contribution is 2.26. The number of nitro benzene ring substituents is 1. The van der Waals surface area contributed by atoms with Crippen LogP contribution in [0, 0.1) is 21.4 Å². The van der Waals surface area contributed by atoms with Gasteiger partial charge in [0.15, 0.2) is 6.61 Å². The lowest BCUT2D eigenvalue weighted by atomic mass is 10.1. The number of nitrogens with zero attached hydrogens (tertiary/aromatic N) is 3. The maximum Gasteiger partial charge on any atom is 0.280 e. The standard InChI is InChI=1S/C16H12N4O4/c17-7-12-5-11(8-19-9-12)1-2-13-3-4-14(24-10-16(18)21)6-15(13)20(22)23/h1-6,8-9H,10H2,(H2,18,21)/b2-1+. The number of nitriles is 1. The van der Waals surface area contributed by atoms with Crippen molar-refractivity contribution in [3.8, 4) is 11.8 Å². The van der Waals surface area contributed by atoms with Crippen molar-refractivity contribution in [3.05, 3.63) is 63.5 Å². The summed E-state index contributed by atoms with van der Waals surface area (Å²) in [5.41, 5.74) is 6.15. The molecule has 0 aliphatic heterocycles. The SMILES string of the molecule is N#Cc1cncc(/C=C/c2ccc(OCC(N)=O)cc2[N+](=O)[O-])c1. The number of pyridine rings is 1. The minimum absolute atomic E-state index is 0.172. The van der Waals surface area contributed by atoms with Crippen LogP contribution >= 0.6 is 0 Å². The lowest BCUT2D eigenvalue weighted by molar-refractivity contribution is -0.385. The molecule has 1 heterocycles. The molecule has 0 radical (unpaired) electrons. The highest BCUT2D eigenvalue weighted by molar-refractivity contribution is 5.76. The molecular formula is C16H12N4O4. The van der Waals surface area contributed by atoms with E-state index in [1.54, 1.807) is 12.1 Å². The van der Waals surface area contributed by atoms with E-state index in [1.807, 2.05) is 6.07 Å². The molecule has 0 saturated heterocycles. The Bertz CT molecular complexity index is 855. The molecule has 0 bridgehead atoms. The Morgan fingerprint density at radius 3 is 2.83 bits per heavy atom. The van der Waals surface area contributed by atoms with Gasteiger partial charge in [-0.3, -0.25) is 19.9 Å². The second-order valence-corrected chi connectivity index (χ2v) is 4.68. The molecule has 1 aromatic heterocycles. The van der Waals surface area contributed by atoms with E-state index < -0.39 is 10.8 Å². The molecule has 0 unspecified atom stereocenters. The quantitative estimate of drug-likeness (QED) is 0.637. The van der Waals surface area contributed by atoms with Gasteiger partial charge in [0.25, 0.3) is 11.6 Å². The summed E-state index contributed by atoms with van der Waals surface area (Å²) < 4.78 is 5.06. The first-order chi connectivity index (χ1) is 11.5. The number of hydrogen-bond donors (Lipinski definition) is 1. The molecule has 0 spiro atoms. The number of benzene rings is 1. The fraction of sp³-hybridized carbons (Fsp3) is 0.0625. The van der Waals surface area contributed by atoms with E-state index in [1.165, 1.54) is 36.7 Å². The van der Waals surface area contributed by atoms with Gasteiger partial charge in [-0.25, -0.2) is 0 Å². The van der Waals surface area contributed by atoms with E-state index in [4.69, 9.17) is 15.7 Å². The highest BCUT2D eigenvalue weighted by atomic mass is 16.6. The number of carbonyl (C=O) groups excluding carboxylic acids is 1. The smallest absolute Gasteiger partial charge is 0.280 e. The molecule has 0 aliphatic carbocycles. The maximum atomic E-state index is 11.2. The van der Waals surface area contributed by atoms with Gasteiger partial charge < -0.3 is 10.5 Å². The Hall–Kier alpha value is -3.73. The van der Waals surface area contributed by atoms with Crippen LogP contribution in [-0.2, 0) is 4.79 Å². The lowest BCUT2D eigenvalue weighted by Gasteiger charge is -2.05. The molecule has 0 saturated carbocycles. The molecule has 2 aromatic rings. The Kier molecular flexibility index (Phi) is 5.20. The summed E-state index contributed by atoms with van der Waals surface area (Å²) in [6.07, 6.45) is 6.10. The number of nitro groups is 1. The number of carbonyl (C=O) groups is 1. The third-order valence-electron chi connectivity index (χ3n) is 2.92. The van der Waals surface area contributed by atoms with E-state index in [9.17, 15) is 14.9 Å². The fourth-order valence-electron chi connectivity index (χ4n) is 1.86. The molecule has 1 aromatic carbocycles. The second-order valence-electron chi connectivity index (χ2n) is 4.68. The van der Waals surface area contributed by atoms with Gasteiger partial charge >= 0.3 is 0 Å². The Morgan fingerprint density at radius 1 is 1.38 bits per heavy atom. The molecule has 24 heavy (non-hydrogen) atoms. The Morgan fingerprint density at radius 2 is 2.17 bits per heavy atom. The van der Waals surface area contributed by atoms with Gasteiger partial charge in [-0.05, 0) is 29.8 Å². The molecule has 0 atom stereocenters. The van der Waals surface area contributed by atoms with Crippen LogP contribution < -0.4 is 10.5 Å². The predicted octanol–water partition coefficient (Wildman–Crippen LogP) is 1.90. The van der Waals surface area contributed by atoms with E-state index in [2.05, 4.69) is 4.98 Å². The van der Waals surface area contributed by atoms with E-state index in [-0.39, 0.29) is 18.0 Å². The molecule has 8 nitrogen and oxygen atoms in total. The minimum Gasteiger partial charge on any atom is -0.484 e. The topological polar surface area (TPSA) is 132 Å². The summed E-state index contributed by atoms with van der Waals surface area (Å²) in [4.78, 5) is 25.2. The Labute approximate surface area is 137 Å². The zero-order valence-electron chi connectivity index (χ0n) is 12.4. The van der Waals surface area contributed by atoms with Crippen molar-refractivity contribution in [3.63, 3.8) is 0 Å². The van der Waals surface area contributed by atoms with E-state index >= 15 is 0 Å². The lowest BCUT2D eigenvalue weighted by Crippen LogP contribution is -2.20. The zero-order chi connectivity index (χ0) is 17.5. The van der Waals surface area contributed by atoms with Crippen molar-refractivity contribution >= 4 is 23.7 Å². The first-order valence-electron chi connectivity index (χ1n) is 6.72. The molecule has 1 amide bonds. The number of nitrogens with two attached hydrogens (primary N) is 1. The van der Waals surface area contributed by atoms with Crippen LogP contribution in [-0.4, -0.2) is 22.4 Å². The van der Waals surface area contributed by atoms with Gasteiger partial charge in [-0.1, -0.05) is 6.08 Å². The average Bonchev–Trinajstić information content (AvgIpc) is 2.58. The number of ether oxygens (including phenoxy) is 1. The van der Waals surface area contributed by atoms with E-state index in [0.29, 0.717) is 16.7 Å². The summed E-state index contributed by atoms with van der Waals surface area (Å²) in [5, 5.41) is 20.0. The summed E-state index contributed by atoms with van der Waals surface area (Å²) in [6, 6.07) is 7.78. The van der Waals surface area contributed by atoms with Crippen LogP contribution in [0.25, 0.3) is 12.2 Å². The first kappa shape index (κ1) is 16.6. The number of hydrogen-bond acceptors (Lipinski definition) is 6. The van der Waals surface area contributed by atoms with E-state index in [0.717, 1.165) is 0 Å². The largest absolute Gasteiger partial charge is 0.484 e. The maximum absolute atomic E-state index is 11.2. The highest BCUT2D eigenvalue weighted by Gasteiger charge is 2.13. The third kappa shape index (κ3) is 4.38. The van der Waals surface area contributed by atoms with Gasteiger partial charge in [0, 0.05) is 12.4 Å². The van der Waals surface area contributed by atoms with Crippen molar-refractivity contribution < 1.29 is 14.5 Å². The van der Waals surface area contributed by atoms with Crippen LogP contribution in [0.1, 0.15) is 16.7 Å². The zero-order valence-corrected chi connectivity index (χ0v) is 12.4. The summed E-state index contributed by atoms with van der Waals surface area (Å²) in [7, 11) is 0. The monoisotopic (exact) mass is 324 g/mol. The number of aromatic nitrogens is 1. The van der Waals surface area contributed by atoms with Gasteiger partial charge in [0.2, 0.25) is 0 Å². The summed E-state index contributed by atoms with van der Waals surface area (Å²) in [5.74, 6) is -0.503. The summed E-state index contributed by atoms with van der Waals surface area (Å²) >= 11 is 0. The van der Waals surface area contributed by atoms with Crippen LogP contribution in [0.15, 0.2) is 36.7 Å². The van der Waals surface area contributed by atoms with Gasteiger partial charge in [0.05, 0.1) is 22.1 Å². The van der Waals surface area contributed by atoms with Crippen LogP contribution in [0.3, 0.4) is 0 Å². The van der Waals surface area contributed by atoms with Gasteiger partial charge in [0.1, 0.15) is 11.8 Å². The van der Waals surface area contributed by atoms with Crippen LogP contribution in [0.2, 0.25) is 0 Å². The summed E-state index contributed by atoms with van der Waals surface area (Å²) in [6.45, 7) is -0.362. The molecule has 2 N–H and O–H groups in total.